The molecule has 0 aromatic carbocycles. The highest BCUT2D eigenvalue weighted by atomic mass is 31.2. The van der Waals surface area contributed by atoms with E-state index in [1.165, 1.54) is 6.92 Å². The molecule has 0 amide bonds. The molecule has 2 atom stereocenters. The summed E-state index contributed by atoms with van der Waals surface area (Å²) >= 11 is 0. The molecule has 0 fully saturated rings. The summed E-state index contributed by atoms with van der Waals surface area (Å²) in [6.45, 7) is 0.651. The van der Waals surface area contributed by atoms with Crippen molar-refractivity contribution in [3.05, 3.63) is 11.3 Å². The van der Waals surface area contributed by atoms with Crippen LogP contribution in [0, 0.1) is 0 Å². The Hall–Kier alpha value is -0.920. The zero-order valence-electron chi connectivity index (χ0n) is 8.23. The number of phosphoric acid groups is 1. The van der Waals surface area contributed by atoms with Crippen LogP contribution in [0.3, 0.4) is 0 Å². The van der Waals surface area contributed by atoms with Crippen molar-refractivity contribution < 1.29 is 38.6 Å². The fourth-order valence-electron chi connectivity index (χ4n) is 1.24. The van der Waals surface area contributed by atoms with Crippen molar-refractivity contribution in [2.75, 3.05) is 6.61 Å². The molecule has 4 N–H and O–H groups in total. The zero-order valence-corrected chi connectivity index (χ0v) is 9.13. The van der Waals surface area contributed by atoms with Crippen LogP contribution in [0.15, 0.2) is 11.3 Å². The fourth-order valence-corrected chi connectivity index (χ4v) is 1.69. The molecule has 0 spiro atoms. The van der Waals surface area contributed by atoms with Gasteiger partial charge in [0.25, 0.3) is 0 Å². The third kappa shape index (κ3) is 2.81. The lowest BCUT2D eigenvalue weighted by atomic mass is 10.1. The van der Waals surface area contributed by atoms with E-state index in [4.69, 9.17) is 14.9 Å². The summed E-state index contributed by atoms with van der Waals surface area (Å²) in [6, 6.07) is 0. The van der Waals surface area contributed by atoms with Gasteiger partial charge in [-0.1, -0.05) is 0 Å². The summed E-state index contributed by atoms with van der Waals surface area (Å²) in [5, 5.41) is 17.9. The number of esters is 1. The van der Waals surface area contributed by atoms with Crippen molar-refractivity contribution in [1.82, 2.24) is 0 Å². The van der Waals surface area contributed by atoms with Crippen LogP contribution in [0.2, 0.25) is 0 Å². The van der Waals surface area contributed by atoms with Crippen molar-refractivity contribution in [1.29, 1.82) is 0 Å². The Morgan fingerprint density at radius 3 is 2.56 bits per heavy atom. The van der Waals surface area contributed by atoms with Gasteiger partial charge < -0.3 is 19.5 Å². The standard InChI is InChI=1S/C7H11O8P/c1-3-5(4(9)2-8)14-7(10)6(3)15-16(11,12)13/h4-5,8-9H,2H2,1H3,(H2,11,12,13). The van der Waals surface area contributed by atoms with Gasteiger partial charge in [0, 0.05) is 5.57 Å². The molecular weight excluding hydrogens is 243 g/mol. The van der Waals surface area contributed by atoms with Gasteiger partial charge in [-0.2, -0.15) is 0 Å². The number of ether oxygens (including phenoxy) is 1. The Kier molecular flexibility index (Phi) is 3.72. The highest BCUT2D eigenvalue weighted by molar-refractivity contribution is 7.46. The molecule has 16 heavy (non-hydrogen) atoms. The van der Waals surface area contributed by atoms with Crippen LogP contribution in [0.4, 0.5) is 0 Å². The maximum atomic E-state index is 11.2. The van der Waals surface area contributed by atoms with Gasteiger partial charge in [-0.25, -0.2) is 9.36 Å². The van der Waals surface area contributed by atoms with Crippen LogP contribution >= 0.6 is 7.82 Å². The van der Waals surface area contributed by atoms with Crippen molar-refractivity contribution in [3.8, 4) is 0 Å². The molecule has 0 aromatic heterocycles. The summed E-state index contributed by atoms with van der Waals surface area (Å²) in [7, 11) is -4.86. The number of aliphatic hydroxyl groups is 2. The fraction of sp³-hybridized carbons (Fsp3) is 0.571. The second-order valence-corrected chi connectivity index (χ2v) is 4.33. The summed E-state index contributed by atoms with van der Waals surface area (Å²) in [5.41, 5.74) is 0.0230. The van der Waals surface area contributed by atoms with E-state index >= 15 is 0 Å². The topological polar surface area (TPSA) is 134 Å². The van der Waals surface area contributed by atoms with E-state index in [2.05, 4.69) is 9.26 Å². The molecule has 0 aromatic rings. The van der Waals surface area contributed by atoms with Gasteiger partial charge in [0.15, 0.2) is 6.10 Å². The van der Waals surface area contributed by atoms with Crippen molar-refractivity contribution in [2.24, 2.45) is 0 Å². The molecule has 1 aliphatic rings. The number of hydrogen-bond donors (Lipinski definition) is 4. The second-order valence-electron chi connectivity index (χ2n) is 3.17. The first-order valence-corrected chi connectivity index (χ1v) is 5.75. The Balaban J connectivity index is 2.94. The zero-order chi connectivity index (χ0) is 12.5. The lowest BCUT2D eigenvalue weighted by molar-refractivity contribution is -0.146. The first-order chi connectivity index (χ1) is 7.26. The van der Waals surface area contributed by atoms with Crippen LogP contribution in [0.5, 0.6) is 0 Å². The molecule has 1 aliphatic heterocycles. The van der Waals surface area contributed by atoms with Gasteiger partial charge in [-0.15, -0.1) is 0 Å². The molecular formula is C7H11O8P. The average Bonchev–Trinajstić information content (AvgIpc) is 2.42. The summed E-state index contributed by atoms with van der Waals surface area (Å²) in [5.74, 6) is -1.72. The van der Waals surface area contributed by atoms with Gasteiger partial charge >= 0.3 is 13.8 Å². The highest BCUT2D eigenvalue weighted by Crippen LogP contribution is 2.42. The molecule has 8 nitrogen and oxygen atoms in total. The minimum atomic E-state index is -4.86. The number of carbonyl (C=O) groups excluding carboxylic acids is 1. The predicted molar refractivity (Wildman–Crippen MR) is 48.8 cm³/mol. The van der Waals surface area contributed by atoms with Gasteiger partial charge in [-0.3, -0.25) is 9.79 Å². The first kappa shape index (κ1) is 13.1. The quantitative estimate of drug-likeness (QED) is 0.357. The monoisotopic (exact) mass is 254 g/mol. The third-order valence-corrected chi connectivity index (χ3v) is 2.37. The van der Waals surface area contributed by atoms with Gasteiger partial charge in [0.2, 0.25) is 5.76 Å². The van der Waals surface area contributed by atoms with E-state index < -0.39 is 38.4 Å². The first-order valence-electron chi connectivity index (χ1n) is 4.22. The van der Waals surface area contributed by atoms with Gasteiger partial charge in [0.05, 0.1) is 6.61 Å². The highest BCUT2D eigenvalue weighted by Gasteiger charge is 2.39. The predicted octanol–water partition coefficient (Wildman–Crippen LogP) is -1.35. The Bertz CT molecular complexity index is 369. The maximum Gasteiger partial charge on any atom is 0.525 e. The number of cyclic esters (lactones) is 1. The van der Waals surface area contributed by atoms with Crippen LogP contribution in [0.25, 0.3) is 0 Å². The second kappa shape index (κ2) is 4.52. The van der Waals surface area contributed by atoms with Crippen molar-refractivity contribution in [3.63, 3.8) is 0 Å². The summed E-state index contributed by atoms with van der Waals surface area (Å²) < 4.78 is 19.3. The Labute approximate surface area is 90.3 Å². The molecule has 1 rings (SSSR count). The number of carbonyl (C=O) groups is 1. The van der Waals surface area contributed by atoms with Gasteiger partial charge in [0.1, 0.15) is 6.10 Å². The minimum Gasteiger partial charge on any atom is -0.449 e. The molecule has 0 saturated heterocycles. The molecule has 0 radical (unpaired) electrons. The molecule has 0 saturated carbocycles. The lowest BCUT2D eigenvalue weighted by Gasteiger charge is -2.15. The molecule has 0 bridgehead atoms. The largest absolute Gasteiger partial charge is 0.525 e. The van der Waals surface area contributed by atoms with E-state index in [9.17, 15) is 14.5 Å². The van der Waals surface area contributed by atoms with E-state index in [-0.39, 0.29) is 5.57 Å². The lowest BCUT2D eigenvalue weighted by Crippen LogP contribution is -2.30. The summed E-state index contributed by atoms with van der Waals surface area (Å²) in [6.07, 6.45) is -2.51. The van der Waals surface area contributed by atoms with Crippen LogP contribution in [0.1, 0.15) is 6.92 Å². The Morgan fingerprint density at radius 1 is 1.56 bits per heavy atom. The van der Waals surface area contributed by atoms with E-state index in [1.54, 1.807) is 0 Å². The SMILES string of the molecule is CC1=C(OP(=O)(O)O)C(=O)OC1C(O)CO. The molecule has 9 heteroatoms. The normalized spacial score (nSPS) is 23.3. The number of aliphatic hydroxyl groups excluding tert-OH is 2. The van der Waals surface area contributed by atoms with Crippen molar-refractivity contribution in [2.45, 2.75) is 19.1 Å². The van der Waals surface area contributed by atoms with Crippen molar-refractivity contribution >= 4 is 13.8 Å². The maximum absolute atomic E-state index is 11.2. The Morgan fingerprint density at radius 2 is 2.12 bits per heavy atom. The number of rotatable bonds is 4. The third-order valence-electron chi connectivity index (χ3n) is 1.95. The molecule has 0 aliphatic carbocycles. The smallest absolute Gasteiger partial charge is 0.449 e. The van der Waals surface area contributed by atoms with Crippen LogP contribution < -0.4 is 0 Å². The van der Waals surface area contributed by atoms with E-state index in [0.29, 0.717) is 0 Å². The van der Waals surface area contributed by atoms with Crippen LogP contribution in [-0.4, -0.2) is 44.8 Å². The average molecular weight is 254 g/mol. The molecule has 92 valence electrons. The van der Waals surface area contributed by atoms with E-state index in [0.717, 1.165) is 0 Å². The van der Waals surface area contributed by atoms with Crippen LogP contribution in [-0.2, 0) is 18.6 Å². The molecule has 2 unspecified atom stereocenters. The van der Waals surface area contributed by atoms with Gasteiger partial charge in [-0.05, 0) is 6.92 Å². The molecule has 1 heterocycles. The number of hydrogen-bond acceptors (Lipinski definition) is 6. The minimum absolute atomic E-state index is 0.0230. The summed E-state index contributed by atoms with van der Waals surface area (Å²) in [4.78, 5) is 28.2. The van der Waals surface area contributed by atoms with E-state index in [1.807, 2.05) is 0 Å². The number of phosphoric ester groups is 1.